The first-order valence-corrected chi connectivity index (χ1v) is 8.71. The lowest BCUT2D eigenvalue weighted by Gasteiger charge is -2.15. The highest BCUT2D eigenvalue weighted by Gasteiger charge is 2.22. The van der Waals surface area contributed by atoms with E-state index in [-0.39, 0.29) is 6.10 Å². The van der Waals surface area contributed by atoms with Crippen LogP contribution < -0.4 is 15.4 Å². The van der Waals surface area contributed by atoms with Gasteiger partial charge in [0.15, 0.2) is 5.96 Å². The first-order valence-electron chi connectivity index (χ1n) is 8.71. The second kappa shape index (κ2) is 8.42. The topological polar surface area (TPSA) is 65.9 Å². The van der Waals surface area contributed by atoms with Gasteiger partial charge in [-0.05, 0) is 42.2 Å². The maximum absolute atomic E-state index is 9.29. The first kappa shape index (κ1) is 17.1. The van der Waals surface area contributed by atoms with E-state index in [0.29, 0.717) is 5.75 Å². The lowest BCUT2D eigenvalue weighted by molar-refractivity contribution is 0.235. The quantitative estimate of drug-likeness (QED) is 0.430. The SMILES string of the molecule is CN=C(NCCCc1ccc(O)cc1)NCC1Cc2ccccc2O1. The summed E-state index contributed by atoms with van der Waals surface area (Å²) >= 11 is 0. The molecule has 2 aromatic carbocycles. The monoisotopic (exact) mass is 339 g/mol. The lowest BCUT2D eigenvalue weighted by atomic mass is 10.1. The summed E-state index contributed by atoms with van der Waals surface area (Å²) in [5.74, 6) is 2.10. The van der Waals surface area contributed by atoms with E-state index in [2.05, 4.69) is 21.7 Å². The number of ether oxygens (including phenoxy) is 1. The van der Waals surface area contributed by atoms with E-state index in [1.54, 1.807) is 19.2 Å². The van der Waals surface area contributed by atoms with Gasteiger partial charge < -0.3 is 20.5 Å². The van der Waals surface area contributed by atoms with Crippen molar-refractivity contribution >= 4 is 5.96 Å². The van der Waals surface area contributed by atoms with Crippen molar-refractivity contribution in [2.45, 2.75) is 25.4 Å². The third-order valence-corrected chi connectivity index (χ3v) is 4.31. The predicted molar refractivity (Wildman–Crippen MR) is 100 cm³/mol. The van der Waals surface area contributed by atoms with Crippen LogP contribution in [0.2, 0.25) is 0 Å². The average Bonchev–Trinajstić information content (AvgIpc) is 3.05. The van der Waals surface area contributed by atoms with Gasteiger partial charge in [0.05, 0.1) is 6.54 Å². The van der Waals surface area contributed by atoms with Crippen LogP contribution in [0.1, 0.15) is 17.5 Å². The van der Waals surface area contributed by atoms with Crippen LogP contribution in [0.15, 0.2) is 53.5 Å². The lowest BCUT2D eigenvalue weighted by Crippen LogP contribution is -2.42. The number of fused-ring (bicyclic) bond motifs is 1. The zero-order chi connectivity index (χ0) is 17.5. The minimum atomic E-state index is 0.146. The zero-order valence-electron chi connectivity index (χ0n) is 14.5. The van der Waals surface area contributed by atoms with Crippen molar-refractivity contribution in [1.82, 2.24) is 10.6 Å². The molecule has 0 aromatic heterocycles. The van der Waals surface area contributed by atoms with Crippen LogP contribution in [-0.2, 0) is 12.8 Å². The van der Waals surface area contributed by atoms with Crippen molar-refractivity contribution in [3.05, 3.63) is 59.7 Å². The number of rotatable bonds is 6. The number of nitrogens with zero attached hydrogens (tertiary/aromatic N) is 1. The Kier molecular flexibility index (Phi) is 5.77. The molecule has 0 aliphatic carbocycles. The van der Waals surface area contributed by atoms with Crippen LogP contribution in [0.25, 0.3) is 0 Å². The molecular formula is C20H25N3O2. The Morgan fingerprint density at radius 3 is 2.72 bits per heavy atom. The van der Waals surface area contributed by atoms with Gasteiger partial charge in [-0.15, -0.1) is 0 Å². The van der Waals surface area contributed by atoms with Crippen molar-refractivity contribution in [3.63, 3.8) is 0 Å². The molecule has 25 heavy (non-hydrogen) atoms. The Morgan fingerprint density at radius 1 is 1.16 bits per heavy atom. The number of para-hydroxylation sites is 1. The van der Waals surface area contributed by atoms with Gasteiger partial charge in [-0.2, -0.15) is 0 Å². The molecule has 5 nitrogen and oxygen atoms in total. The normalized spacial score (nSPS) is 16.2. The molecule has 0 fully saturated rings. The number of aryl methyl sites for hydroxylation is 1. The fraction of sp³-hybridized carbons (Fsp3) is 0.350. The number of aromatic hydroxyl groups is 1. The highest BCUT2D eigenvalue weighted by atomic mass is 16.5. The smallest absolute Gasteiger partial charge is 0.191 e. The van der Waals surface area contributed by atoms with Gasteiger partial charge in [0.1, 0.15) is 17.6 Å². The molecule has 2 aromatic rings. The van der Waals surface area contributed by atoms with Gasteiger partial charge in [-0.3, -0.25) is 4.99 Å². The summed E-state index contributed by atoms with van der Waals surface area (Å²) < 4.78 is 5.93. The van der Waals surface area contributed by atoms with Gasteiger partial charge in [0, 0.05) is 20.0 Å². The number of hydrogen-bond donors (Lipinski definition) is 3. The fourth-order valence-corrected chi connectivity index (χ4v) is 2.96. The number of guanidine groups is 1. The maximum atomic E-state index is 9.29. The van der Waals surface area contributed by atoms with E-state index < -0.39 is 0 Å². The van der Waals surface area contributed by atoms with Crippen molar-refractivity contribution < 1.29 is 9.84 Å². The third kappa shape index (κ3) is 4.89. The van der Waals surface area contributed by atoms with Crippen molar-refractivity contribution in [3.8, 4) is 11.5 Å². The molecule has 0 amide bonds. The molecule has 1 heterocycles. The summed E-state index contributed by atoms with van der Waals surface area (Å²) in [7, 11) is 1.78. The Morgan fingerprint density at radius 2 is 1.96 bits per heavy atom. The molecule has 0 radical (unpaired) electrons. The Bertz CT molecular complexity index is 688. The molecule has 1 atom stereocenters. The van der Waals surface area contributed by atoms with E-state index >= 15 is 0 Å². The average molecular weight is 339 g/mol. The molecule has 0 spiro atoms. The van der Waals surface area contributed by atoms with Crippen LogP contribution in [0.3, 0.4) is 0 Å². The summed E-state index contributed by atoms with van der Waals surface area (Å²) in [5.41, 5.74) is 2.49. The largest absolute Gasteiger partial charge is 0.508 e. The van der Waals surface area contributed by atoms with E-state index in [4.69, 9.17) is 4.74 Å². The molecule has 0 saturated carbocycles. The number of benzene rings is 2. The van der Waals surface area contributed by atoms with Crippen LogP contribution >= 0.6 is 0 Å². The highest BCUT2D eigenvalue weighted by Crippen LogP contribution is 2.27. The molecule has 132 valence electrons. The van der Waals surface area contributed by atoms with Gasteiger partial charge in [-0.1, -0.05) is 30.3 Å². The molecule has 1 unspecified atom stereocenters. The Balaban J connectivity index is 1.35. The standard InChI is InChI=1S/C20H25N3O2/c1-21-20(22-12-4-5-15-8-10-17(24)11-9-15)23-14-18-13-16-6-2-3-7-19(16)25-18/h2-3,6-11,18,24H,4-5,12-14H2,1H3,(H2,21,22,23). The van der Waals surface area contributed by atoms with Crippen LogP contribution in [-0.4, -0.2) is 37.3 Å². The van der Waals surface area contributed by atoms with E-state index in [9.17, 15) is 5.11 Å². The summed E-state index contributed by atoms with van der Waals surface area (Å²) in [6.45, 7) is 1.57. The number of nitrogens with one attached hydrogen (secondary N) is 2. The van der Waals surface area contributed by atoms with Gasteiger partial charge in [0.2, 0.25) is 0 Å². The fourth-order valence-electron chi connectivity index (χ4n) is 2.96. The van der Waals surface area contributed by atoms with Gasteiger partial charge in [-0.25, -0.2) is 0 Å². The zero-order valence-corrected chi connectivity index (χ0v) is 14.5. The van der Waals surface area contributed by atoms with Crippen LogP contribution in [0, 0.1) is 0 Å². The second-order valence-electron chi connectivity index (χ2n) is 6.20. The molecule has 3 N–H and O–H groups in total. The number of phenolic OH excluding ortho intramolecular Hbond substituents is 1. The Hall–Kier alpha value is -2.69. The second-order valence-corrected chi connectivity index (χ2v) is 6.20. The van der Waals surface area contributed by atoms with Gasteiger partial charge in [0.25, 0.3) is 0 Å². The highest BCUT2D eigenvalue weighted by molar-refractivity contribution is 5.79. The molecule has 0 saturated heterocycles. The van der Waals surface area contributed by atoms with Crippen molar-refractivity contribution in [2.24, 2.45) is 4.99 Å². The summed E-state index contributed by atoms with van der Waals surface area (Å²) in [6, 6.07) is 15.5. The molecule has 1 aliphatic heterocycles. The maximum Gasteiger partial charge on any atom is 0.191 e. The van der Waals surface area contributed by atoms with Gasteiger partial charge >= 0.3 is 0 Å². The van der Waals surface area contributed by atoms with Crippen molar-refractivity contribution in [2.75, 3.05) is 20.1 Å². The molecule has 5 heteroatoms. The van der Waals surface area contributed by atoms with E-state index in [0.717, 1.165) is 44.1 Å². The predicted octanol–water partition coefficient (Wildman–Crippen LogP) is 2.49. The minimum absolute atomic E-state index is 0.146. The van der Waals surface area contributed by atoms with Crippen molar-refractivity contribution in [1.29, 1.82) is 0 Å². The summed E-state index contributed by atoms with van der Waals surface area (Å²) in [6.07, 6.45) is 3.04. The number of hydrogen-bond acceptors (Lipinski definition) is 3. The molecular weight excluding hydrogens is 314 g/mol. The van der Waals surface area contributed by atoms with Crippen LogP contribution in [0.4, 0.5) is 0 Å². The Labute approximate surface area is 148 Å². The first-order chi connectivity index (χ1) is 12.2. The van der Waals surface area contributed by atoms with Crippen LogP contribution in [0.5, 0.6) is 11.5 Å². The number of phenols is 1. The molecule has 3 rings (SSSR count). The number of aliphatic imine (C=N–C) groups is 1. The summed E-state index contributed by atoms with van der Waals surface area (Å²) in [5, 5.41) is 16.0. The summed E-state index contributed by atoms with van der Waals surface area (Å²) in [4.78, 5) is 4.26. The van der Waals surface area contributed by atoms with E-state index in [1.807, 2.05) is 30.3 Å². The third-order valence-electron chi connectivity index (χ3n) is 4.31. The minimum Gasteiger partial charge on any atom is -0.508 e. The molecule has 0 bridgehead atoms. The van der Waals surface area contributed by atoms with E-state index in [1.165, 1.54) is 11.1 Å². The molecule has 1 aliphatic rings.